The summed E-state index contributed by atoms with van der Waals surface area (Å²) in [6.45, 7) is 2.39. The number of hydrogen-bond acceptors (Lipinski definition) is 6. The van der Waals surface area contributed by atoms with Crippen LogP contribution in [0.25, 0.3) is 11.4 Å². The van der Waals surface area contributed by atoms with Gasteiger partial charge in [-0.2, -0.15) is 0 Å². The predicted molar refractivity (Wildman–Crippen MR) is 106 cm³/mol. The topological polar surface area (TPSA) is 112 Å². The van der Waals surface area contributed by atoms with Crippen molar-refractivity contribution in [2.75, 3.05) is 16.8 Å². The van der Waals surface area contributed by atoms with E-state index in [4.69, 9.17) is 15.2 Å². The van der Waals surface area contributed by atoms with Gasteiger partial charge >= 0.3 is 6.09 Å². The van der Waals surface area contributed by atoms with Gasteiger partial charge in [0.2, 0.25) is 5.91 Å². The third-order valence-electron chi connectivity index (χ3n) is 5.92. The molecule has 2 fully saturated rings. The summed E-state index contributed by atoms with van der Waals surface area (Å²) in [6, 6.07) is 3.31. The number of carbonyl (C=O) groups excluding carboxylic acids is 2. The van der Waals surface area contributed by atoms with Crippen LogP contribution in [0.1, 0.15) is 19.8 Å². The number of primary amides is 1. The summed E-state index contributed by atoms with van der Waals surface area (Å²) in [6.07, 6.45) is -1.12. The molecular formula is C20H21F2N5O4. The standard InChI is InChI=1S/C20H21F2N5O4/c1-10(17(23)28)24-11-2-3-12-13(8-11)30-7-6-26-9-14(25-18(12)26)27-15(16(21)22)20(4-5-20)31-19(27)29/h2-3,8-10,15-16,24H,4-7H2,1H3,(H2,23,28)/t10-,15+/m0/s1. The van der Waals surface area contributed by atoms with Gasteiger partial charge in [-0.15, -0.1) is 0 Å². The van der Waals surface area contributed by atoms with E-state index in [0.29, 0.717) is 48.8 Å². The number of alkyl halides is 2. The van der Waals surface area contributed by atoms with Gasteiger partial charge in [0, 0.05) is 18.0 Å². The monoisotopic (exact) mass is 433 g/mol. The number of nitrogens with zero attached hydrogens (tertiary/aromatic N) is 3. The van der Waals surface area contributed by atoms with E-state index in [1.54, 1.807) is 35.9 Å². The van der Waals surface area contributed by atoms with Gasteiger partial charge in [0.05, 0.1) is 12.1 Å². The number of hydrogen-bond donors (Lipinski definition) is 2. The number of ether oxygens (including phenoxy) is 2. The Balaban J connectivity index is 1.50. The van der Waals surface area contributed by atoms with Crippen LogP contribution >= 0.6 is 0 Å². The summed E-state index contributed by atoms with van der Waals surface area (Å²) < 4.78 is 40.5. The molecule has 1 aromatic carbocycles. The molecule has 0 unspecified atom stereocenters. The summed E-state index contributed by atoms with van der Waals surface area (Å²) in [7, 11) is 0. The molecule has 3 N–H and O–H groups in total. The van der Waals surface area contributed by atoms with Crippen molar-refractivity contribution in [2.45, 2.75) is 50.4 Å². The zero-order chi connectivity index (χ0) is 21.9. The smallest absolute Gasteiger partial charge is 0.416 e. The van der Waals surface area contributed by atoms with Crippen LogP contribution in [0.2, 0.25) is 0 Å². The molecular weight excluding hydrogens is 412 g/mol. The summed E-state index contributed by atoms with van der Waals surface area (Å²) in [5, 5.41) is 2.99. The maximum absolute atomic E-state index is 13.8. The fourth-order valence-corrected chi connectivity index (χ4v) is 4.13. The summed E-state index contributed by atoms with van der Waals surface area (Å²) >= 11 is 0. The summed E-state index contributed by atoms with van der Waals surface area (Å²) in [5.74, 6) is 0.655. The van der Waals surface area contributed by atoms with Crippen LogP contribution in [-0.2, 0) is 16.1 Å². The second kappa shape index (κ2) is 6.82. The number of amides is 2. The van der Waals surface area contributed by atoms with Gasteiger partial charge in [-0.3, -0.25) is 4.79 Å². The number of nitrogens with two attached hydrogens (primary N) is 1. The minimum absolute atomic E-state index is 0.131. The number of imidazole rings is 1. The first-order valence-corrected chi connectivity index (χ1v) is 10.00. The summed E-state index contributed by atoms with van der Waals surface area (Å²) in [4.78, 5) is 29.2. The Morgan fingerprint density at radius 1 is 1.39 bits per heavy atom. The number of fused-ring (bicyclic) bond motifs is 3. The highest BCUT2D eigenvalue weighted by Gasteiger charge is 2.66. The molecule has 164 valence electrons. The first kappa shape index (κ1) is 19.6. The number of benzene rings is 1. The molecule has 0 radical (unpaired) electrons. The van der Waals surface area contributed by atoms with E-state index < -0.39 is 36.1 Å². The lowest BCUT2D eigenvalue weighted by molar-refractivity contribution is -0.118. The number of carbonyl (C=O) groups is 2. The molecule has 9 nitrogen and oxygen atoms in total. The highest BCUT2D eigenvalue weighted by atomic mass is 19.3. The fraction of sp³-hybridized carbons (Fsp3) is 0.450. The predicted octanol–water partition coefficient (Wildman–Crippen LogP) is 2.35. The van der Waals surface area contributed by atoms with Crippen LogP contribution in [0.5, 0.6) is 5.75 Å². The van der Waals surface area contributed by atoms with Crippen molar-refractivity contribution in [3.8, 4) is 17.1 Å². The lowest BCUT2D eigenvalue weighted by Crippen LogP contribution is -2.43. The quantitative estimate of drug-likeness (QED) is 0.749. The number of nitrogens with one attached hydrogen (secondary N) is 1. The molecule has 2 atom stereocenters. The Labute approximate surface area is 176 Å². The van der Waals surface area contributed by atoms with E-state index >= 15 is 0 Å². The Morgan fingerprint density at radius 3 is 2.84 bits per heavy atom. The van der Waals surface area contributed by atoms with Crippen molar-refractivity contribution < 1.29 is 27.8 Å². The SMILES string of the molecule is C[C@H](Nc1ccc2c(c1)OCCn1cc(N3C(=O)OC4(CC4)[C@H]3C(F)F)nc1-2)C(N)=O. The number of anilines is 2. The first-order valence-electron chi connectivity index (χ1n) is 10.00. The minimum Gasteiger partial charge on any atom is -0.491 e. The molecule has 0 bridgehead atoms. The van der Waals surface area contributed by atoms with Gasteiger partial charge in [-0.05, 0) is 31.9 Å². The minimum atomic E-state index is -2.74. The van der Waals surface area contributed by atoms with Crippen molar-refractivity contribution in [1.82, 2.24) is 9.55 Å². The highest BCUT2D eigenvalue weighted by Crippen LogP contribution is 2.52. The van der Waals surface area contributed by atoms with Crippen molar-refractivity contribution in [3.63, 3.8) is 0 Å². The molecule has 1 saturated heterocycles. The van der Waals surface area contributed by atoms with Crippen molar-refractivity contribution in [2.24, 2.45) is 5.73 Å². The van der Waals surface area contributed by atoms with Gasteiger partial charge in [-0.1, -0.05) is 0 Å². The average molecular weight is 433 g/mol. The van der Waals surface area contributed by atoms with Gasteiger partial charge in [0.25, 0.3) is 6.43 Å². The number of rotatable bonds is 5. The Hall–Kier alpha value is -3.37. The van der Waals surface area contributed by atoms with Crippen LogP contribution in [0.3, 0.4) is 0 Å². The molecule has 5 rings (SSSR count). The van der Waals surface area contributed by atoms with Crippen molar-refractivity contribution in [1.29, 1.82) is 0 Å². The second-order valence-corrected chi connectivity index (χ2v) is 8.03. The average Bonchev–Trinajstić information content (AvgIpc) is 3.29. The molecule has 31 heavy (non-hydrogen) atoms. The molecule has 2 amide bonds. The van der Waals surface area contributed by atoms with Crippen LogP contribution in [-0.4, -0.2) is 52.3 Å². The maximum Gasteiger partial charge on any atom is 0.416 e. The van der Waals surface area contributed by atoms with E-state index in [-0.39, 0.29) is 5.82 Å². The molecule has 1 aromatic heterocycles. The molecule has 1 aliphatic carbocycles. The van der Waals surface area contributed by atoms with E-state index in [2.05, 4.69) is 10.3 Å². The Morgan fingerprint density at radius 2 is 2.16 bits per heavy atom. The van der Waals surface area contributed by atoms with E-state index in [0.717, 1.165) is 4.90 Å². The van der Waals surface area contributed by atoms with Crippen LogP contribution in [0.15, 0.2) is 24.4 Å². The van der Waals surface area contributed by atoms with Crippen molar-refractivity contribution in [3.05, 3.63) is 24.4 Å². The van der Waals surface area contributed by atoms with Gasteiger partial charge in [0.15, 0.2) is 5.82 Å². The molecule has 3 heterocycles. The van der Waals surface area contributed by atoms with E-state index in [9.17, 15) is 18.4 Å². The van der Waals surface area contributed by atoms with Crippen LogP contribution < -0.4 is 20.7 Å². The number of aromatic nitrogens is 2. The first-order chi connectivity index (χ1) is 14.8. The normalized spacial score (nSPS) is 21.7. The lowest BCUT2D eigenvalue weighted by Gasteiger charge is -2.21. The number of halogens is 2. The third kappa shape index (κ3) is 3.15. The largest absolute Gasteiger partial charge is 0.491 e. The molecule has 1 saturated carbocycles. The third-order valence-corrected chi connectivity index (χ3v) is 5.92. The second-order valence-electron chi connectivity index (χ2n) is 8.03. The Kier molecular flexibility index (Phi) is 4.31. The van der Waals surface area contributed by atoms with Crippen LogP contribution in [0, 0.1) is 0 Å². The van der Waals surface area contributed by atoms with E-state index in [1.807, 2.05) is 0 Å². The Bertz CT molecular complexity index is 1070. The molecule has 2 aromatic rings. The van der Waals surface area contributed by atoms with Crippen molar-refractivity contribution >= 4 is 23.5 Å². The fourth-order valence-electron chi connectivity index (χ4n) is 4.13. The van der Waals surface area contributed by atoms with Gasteiger partial charge < -0.3 is 25.1 Å². The molecule has 2 aliphatic heterocycles. The highest BCUT2D eigenvalue weighted by molar-refractivity contribution is 5.91. The molecule has 11 heteroatoms. The van der Waals surface area contributed by atoms with Gasteiger partial charge in [0.1, 0.15) is 35.9 Å². The lowest BCUT2D eigenvalue weighted by atomic mass is 10.1. The molecule has 1 spiro atoms. The zero-order valence-corrected chi connectivity index (χ0v) is 16.7. The summed E-state index contributed by atoms with van der Waals surface area (Å²) in [5.41, 5.74) is 5.47. The van der Waals surface area contributed by atoms with Gasteiger partial charge in [-0.25, -0.2) is 23.5 Å². The zero-order valence-electron chi connectivity index (χ0n) is 16.7. The van der Waals surface area contributed by atoms with E-state index in [1.165, 1.54) is 0 Å². The maximum atomic E-state index is 13.8. The van der Waals surface area contributed by atoms with Crippen LogP contribution in [0.4, 0.5) is 25.1 Å². The molecule has 3 aliphatic rings.